The highest BCUT2D eigenvalue weighted by atomic mass is 19.1. The van der Waals surface area contributed by atoms with Gasteiger partial charge in [0.2, 0.25) is 0 Å². The number of carbonyl (C=O) groups is 1. The van der Waals surface area contributed by atoms with Gasteiger partial charge in [0.05, 0.1) is 0 Å². The number of aryl methyl sites for hydroxylation is 1. The quantitative estimate of drug-likeness (QED) is 0.720. The van der Waals surface area contributed by atoms with E-state index in [1.165, 1.54) is 30.3 Å². The number of carbonyl (C=O) groups excluding carboxylic acids is 1. The van der Waals surface area contributed by atoms with Crippen molar-refractivity contribution in [3.8, 4) is 11.1 Å². The Bertz CT molecular complexity index is 576. The Kier molecular flexibility index (Phi) is 3.00. The first-order chi connectivity index (χ1) is 8.11. The second-order valence-corrected chi connectivity index (χ2v) is 3.82. The maximum atomic E-state index is 13.7. The van der Waals surface area contributed by atoms with Crippen molar-refractivity contribution in [3.05, 3.63) is 59.2 Å². The third-order valence-electron chi connectivity index (χ3n) is 2.62. The molecule has 0 fully saturated rings. The third-order valence-corrected chi connectivity index (χ3v) is 2.62. The lowest BCUT2D eigenvalue weighted by Gasteiger charge is -2.08. The van der Waals surface area contributed by atoms with Crippen LogP contribution in [0.25, 0.3) is 11.1 Å². The topological polar surface area (TPSA) is 17.1 Å². The molecule has 0 aliphatic rings. The van der Waals surface area contributed by atoms with E-state index < -0.39 is 11.6 Å². The smallest absolute Gasteiger partial charge is 0.150 e. The molecule has 0 spiro atoms. The second-order valence-electron chi connectivity index (χ2n) is 3.82. The van der Waals surface area contributed by atoms with Crippen molar-refractivity contribution in [2.45, 2.75) is 6.92 Å². The fourth-order valence-corrected chi connectivity index (χ4v) is 1.71. The van der Waals surface area contributed by atoms with Crippen LogP contribution in [0.15, 0.2) is 36.4 Å². The van der Waals surface area contributed by atoms with Crippen molar-refractivity contribution in [2.24, 2.45) is 0 Å². The van der Waals surface area contributed by atoms with Gasteiger partial charge in [0.15, 0.2) is 0 Å². The van der Waals surface area contributed by atoms with Crippen LogP contribution in [-0.2, 0) is 0 Å². The molecule has 2 aromatic carbocycles. The molecule has 0 heterocycles. The summed E-state index contributed by atoms with van der Waals surface area (Å²) in [5, 5.41) is 0. The van der Waals surface area contributed by atoms with E-state index >= 15 is 0 Å². The van der Waals surface area contributed by atoms with E-state index in [0.717, 1.165) is 5.56 Å². The minimum Gasteiger partial charge on any atom is -0.298 e. The molecule has 17 heavy (non-hydrogen) atoms. The molecule has 0 saturated heterocycles. The summed E-state index contributed by atoms with van der Waals surface area (Å²) >= 11 is 0. The first kappa shape index (κ1) is 11.5. The zero-order valence-corrected chi connectivity index (χ0v) is 9.21. The van der Waals surface area contributed by atoms with E-state index in [4.69, 9.17) is 0 Å². The standard InChI is InChI=1S/C14H10F2O/c1-9-2-4-11(15)7-12(9)13-6-10(8-17)3-5-14(13)16/h2-8H,1H3. The normalized spacial score (nSPS) is 10.3. The Morgan fingerprint density at radius 1 is 1.00 bits per heavy atom. The fraction of sp³-hybridized carbons (Fsp3) is 0.0714. The molecule has 0 aliphatic heterocycles. The van der Waals surface area contributed by atoms with Gasteiger partial charge in [0.1, 0.15) is 17.9 Å². The molecule has 2 rings (SSSR count). The Morgan fingerprint density at radius 3 is 2.47 bits per heavy atom. The van der Waals surface area contributed by atoms with Crippen molar-refractivity contribution in [1.29, 1.82) is 0 Å². The van der Waals surface area contributed by atoms with E-state index in [1.807, 2.05) is 0 Å². The molecular weight excluding hydrogens is 222 g/mol. The minimum atomic E-state index is -0.468. The van der Waals surface area contributed by atoms with Crippen molar-refractivity contribution >= 4 is 6.29 Å². The van der Waals surface area contributed by atoms with Crippen molar-refractivity contribution in [1.82, 2.24) is 0 Å². The number of hydrogen-bond acceptors (Lipinski definition) is 1. The first-order valence-corrected chi connectivity index (χ1v) is 5.13. The summed E-state index contributed by atoms with van der Waals surface area (Å²) in [4.78, 5) is 10.7. The van der Waals surface area contributed by atoms with Gasteiger partial charge >= 0.3 is 0 Å². The van der Waals surface area contributed by atoms with Crippen LogP contribution in [0.3, 0.4) is 0 Å². The fourth-order valence-electron chi connectivity index (χ4n) is 1.71. The molecule has 0 aromatic heterocycles. The highest BCUT2D eigenvalue weighted by Gasteiger charge is 2.09. The van der Waals surface area contributed by atoms with Gasteiger partial charge in [0, 0.05) is 11.1 Å². The predicted octanol–water partition coefficient (Wildman–Crippen LogP) is 3.75. The van der Waals surface area contributed by atoms with Crippen LogP contribution >= 0.6 is 0 Å². The van der Waals surface area contributed by atoms with Gasteiger partial charge in [-0.15, -0.1) is 0 Å². The second kappa shape index (κ2) is 4.45. The van der Waals surface area contributed by atoms with E-state index in [1.54, 1.807) is 13.0 Å². The zero-order chi connectivity index (χ0) is 12.4. The summed E-state index contributed by atoms with van der Waals surface area (Å²) in [6.07, 6.45) is 0.636. The van der Waals surface area contributed by atoms with E-state index in [9.17, 15) is 13.6 Å². The van der Waals surface area contributed by atoms with Crippen molar-refractivity contribution in [3.63, 3.8) is 0 Å². The number of halogens is 2. The first-order valence-electron chi connectivity index (χ1n) is 5.13. The monoisotopic (exact) mass is 232 g/mol. The third kappa shape index (κ3) is 2.23. The molecule has 0 amide bonds. The lowest BCUT2D eigenvalue weighted by atomic mass is 9.98. The lowest BCUT2D eigenvalue weighted by Crippen LogP contribution is -1.91. The number of rotatable bonds is 2. The molecule has 2 aromatic rings. The highest BCUT2D eigenvalue weighted by molar-refractivity contribution is 5.79. The highest BCUT2D eigenvalue weighted by Crippen LogP contribution is 2.27. The molecule has 0 bridgehead atoms. The van der Waals surface area contributed by atoms with Crippen LogP contribution in [0.5, 0.6) is 0 Å². The van der Waals surface area contributed by atoms with Crippen LogP contribution in [0.2, 0.25) is 0 Å². The summed E-state index contributed by atoms with van der Waals surface area (Å²) in [5.41, 5.74) is 1.83. The van der Waals surface area contributed by atoms with Crippen LogP contribution in [0.4, 0.5) is 8.78 Å². The molecule has 3 heteroatoms. The number of benzene rings is 2. The van der Waals surface area contributed by atoms with Gasteiger partial charge < -0.3 is 0 Å². The number of aldehydes is 1. The van der Waals surface area contributed by atoms with Crippen molar-refractivity contribution < 1.29 is 13.6 Å². The summed E-state index contributed by atoms with van der Waals surface area (Å²) in [6.45, 7) is 1.77. The average molecular weight is 232 g/mol. The van der Waals surface area contributed by atoms with Crippen molar-refractivity contribution in [2.75, 3.05) is 0 Å². The van der Waals surface area contributed by atoms with Gasteiger partial charge in [-0.1, -0.05) is 6.07 Å². The summed E-state index contributed by atoms with van der Waals surface area (Å²) in [7, 11) is 0. The molecule has 0 aliphatic carbocycles. The van der Waals surface area contributed by atoms with Crippen LogP contribution in [-0.4, -0.2) is 6.29 Å². The Morgan fingerprint density at radius 2 is 1.76 bits per heavy atom. The molecule has 0 saturated carbocycles. The van der Waals surface area contributed by atoms with Gasteiger partial charge in [-0.25, -0.2) is 8.78 Å². The Hall–Kier alpha value is -2.03. The lowest BCUT2D eigenvalue weighted by molar-refractivity contribution is 0.112. The Balaban J connectivity index is 2.66. The molecule has 0 N–H and O–H groups in total. The molecule has 0 atom stereocenters. The molecular formula is C14H10F2O. The summed E-state index contributed by atoms with van der Waals surface area (Å²) < 4.78 is 26.8. The number of hydrogen-bond donors (Lipinski definition) is 0. The SMILES string of the molecule is Cc1ccc(F)cc1-c1cc(C=O)ccc1F. The largest absolute Gasteiger partial charge is 0.298 e. The molecule has 0 radical (unpaired) electrons. The maximum Gasteiger partial charge on any atom is 0.150 e. The molecule has 1 nitrogen and oxygen atoms in total. The molecule has 0 unspecified atom stereocenters. The average Bonchev–Trinajstić information content (AvgIpc) is 2.33. The van der Waals surface area contributed by atoms with E-state index in [-0.39, 0.29) is 5.56 Å². The van der Waals surface area contributed by atoms with E-state index in [0.29, 0.717) is 17.4 Å². The summed E-state index contributed by atoms with van der Waals surface area (Å²) in [6, 6.07) is 8.19. The minimum absolute atomic E-state index is 0.242. The maximum absolute atomic E-state index is 13.7. The predicted molar refractivity (Wildman–Crippen MR) is 61.9 cm³/mol. The van der Waals surface area contributed by atoms with Crippen LogP contribution < -0.4 is 0 Å². The van der Waals surface area contributed by atoms with Crippen LogP contribution in [0.1, 0.15) is 15.9 Å². The van der Waals surface area contributed by atoms with Crippen LogP contribution in [0, 0.1) is 18.6 Å². The summed E-state index contributed by atoms with van der Waals surface area (Å²) in [5.74, 6) is -0.897. The molecule has 86 valence electrons. The van der Waals surface area contributed by atoms with Gasteiger partial charge in [0.25, 0.3) is 0 Å². The van der Waals surface area contributed by atoms with Gasteiger partial charge in [-0.05, 0) is 48.4 Å². The zero-order valence-electron chi connectivity index (χ0n) is 9.21. The van der Waals surface area contributed by atoms with Gasteiger partial charge in [-0.2, -0.15) is 0 Å². The Labute approximate surface area is 97.7 Å². The van der Waals surface area contributed by atoms with Gasteiger partial charge in [-0.3, -0.25) is 4.79 Å². The van der Waals surface area contributed by atoms with E-state index in [2.05, 4.69) is 0 Å².